The van der Waals surface area contributed by atoms with Gasteiger partial charge < -0.3 is 14.0 Å². The Morgan fingerprint density at radius 1 is 1.17 bits per heavy atom. The van der Waals surface area contributed by atoms with E-state index < -0.39 is 0 Å². The molecule has 5 heteroatoms. The maximum absolute atomic E-state index is 8.74. The predicted octanol–water partition coefficient (Wildman–Crippen LogP) is 2.54. The highest BCUT2D eigenvalue weighted by atomic mass is 16.5. The van der Waals surface area contributed by atoms with Crippen molar-refractivity contribution >= 4 is 0 Å². The smallest absolute Gasteiger partial charge is 0.184 e. The highest BCUT2D eigenvalue weighted by Gasteiger charge is 2.15. The summed E-state index contributed by atoms with van der Waals surface area (Å²) in [6.07, 6.45) is 0. The Labute approximate surface area is 105 Å². The summed E-state index contributed by atoms with van der Waals surface area (Å²) in [7, 11) is 3.17. The lowest BCUT2D eigenvalue weighted by atomic mass is 10.1. The third-order valence-corrected chi connectivity index (χ3v) is 2.61. The number of hydrogen-bond acceptors (Lipinski definition) is 5. The number of ether oxygens (including phenoxy) is 2. The van der Waals surface area contributed by atoms with Crippen LogP contribution in [0.25, 0.3) is 11.3 Å². The molecule has 1 aromatic heterocycles. The fourth-order valence-electron chi connectivity index (χ4n) is 1.70. The van der Waals surface area contributed by atoms with E-state index in [1.807, 2.05) is 19.1 Å². The van der Waals surface area contributed by atoms with Gasteiger partial charge in [-0.25, -0.2) is 0 Å². The summed E-state index contributed by atoms with van der Waals surface area (Å²) in [4.78, 5) is 0. The van der Waals surface area contributed by atoms with E-state index in [0.717, 1.165) is 11.3 Å². The van der Waals surface area contributed by atoms with Crippen LogP contribution < -0.4 is 9.47 Å². The minimum absolute atomic E-state index is 0.228. The average Bonchev–Trinajstić information content (AvgIpc) is 2.87. The Hall–Kier alpha value is -2.48. The van der Waals surface area contributed by atoms with Gasteiger partial charge in [-0.05, 0) is 24.6 Å². The number of nitriles is 1. The van der Waals surface area contributed by atoms with Crippen LogP contribution in [0.5, 0.6) is 11.5 Å². The molecule has 92 valence electrons. The first kappa shape index (κ1) is 12.0. The van der Waals surface area contributed by atoms with Gasteiger partial charge in [0.25, 0.3) is 0 Å². The lowest BCUT2D eigenvalue weighted by molar-refractivity contribution is 0.395. The van der Waals surface area contributed by atoms with Crippen molar-refractivity contribution in [1.82, 2.24) is 5.16 Å². The van der Waals surface area contributed by atoms with Gasteiger partial charge in [0.05, 0.1) is 19.8 Å². The molecule has 0 saturated heterocycles. The SMILES string of the molecule is COc1cc(-c2cc(C#N)no2)c(OC)cc1C. The molecule has 2 rings (SSSR count). The van der Waals surface area contributed by atoms with Crippen molar-refractivity contribution in [2.45, 2.75) is 6.92 Å². The Kier molecular flexibility index (Phi) is 3.20. The standard InChI is InChI=1S/C13H12N2O3/c1-8-4-12(17-3)10(6-11(8)16-2)13-5-9(7-14)15-18-13/h4-6H,1-3H3. The second-order valence-corrected chi connectivity index (χ2v) is 3.71. The molecule has 0 bridgehead atoms. The van der Waals surface area contributed by atoms with E-state index in [2.05, 4.69) is 5.16 Å². The lowest BCUT2D eigenvalue weighted by Gasteiger charge is -2.10. The lowest BCUT2D eigenvalue weighted by Crippen LogP contribution is -1.92. The zero-order chi connectivity index (χ0) is 13.1. The van der Waals surface area contributed by atoms with Crippen LogP contribution in [0.2, 0.25) is 0 Å². The molecule has 2 aromatic rings. The first-order valence-electron chi connectivity index (χ1n) is 5.29. The van der Waals surface area contributed by atoms with Crippen molar-refractivity contribution in [2.75, 3.05) is 14.2 Å². The van der Waals surface area contributed by atoms with Crippen LogP contribution in [0, 0.1) is 18.3 Å². The van der Waals surface area contributed by atoms with E-state index in [1.165, 1.54) is 0 Å². The molecule has 1 heterocycles. The largest absolute Gasteiger partial charge is 0.496 e. The van der Waals surface area contributed by atoms with E-state index in [4.69, 9.17) is 19.3 Å². The van der Waals surface area contributed by atoms with Gasteiger partial charge in [-0.3, -0.25) is 0 Å². The molecule has 0 atom stereocenters. The van der Waals surface area contributed by atoms with Crippen molar-refractivity contribution in [3.63, 3.8) is 0 Å². The van der Waals surface area contributed by atoms with Crippen LogP contribution >= 0.6 is 0 Å². The molecule has 0 N–H and O–H groups in total. The van der Waals surface area contributed by atoms with E-state index in [-0.39, 0.29) is 5.69 Å². The van der Waals surface area contributed by atoms with Crippen LogP contribution in [0.3, 0.4) is 0 Å². The van der Waals surface area contributed by atoms with Crippen LogP contribution in [-0.4, -0.2) is 19.4 Å². The third kappa shape index (κ3) is 2.00. The number of benzene rings is 1. The summed E-state index contributed by atoms with van der Waals surface area (Å²) in [6, 6.07) is 7.13. The van der Waals surface area contributed by atoms with Crippen molar-refractivity contribution in [2.24, 2.45) is 0 Å². The van der Waals surface area contributed by atoms with Gasteiger partial charge in [-0.15, -0.1) is 0 Å². The fourth-order valence-corrected chi connectivity index (χ4v) is 1.70. The first-order chi connectivity index (χ1) is 8.69. The zero-order valence-corrected chi connectivity index (χ0v) is 10.4. The van der Waals surface area contributed by atoms with Crippen LogP contribution in [0.4, 0.5) is 0 Å². The number of aromatic nitrogens is 1. The normalized spacial score (nSPS) is 9.89. The van der Waals surface area contributed by atoms with E-state index >= 15 is 0 Å². The van der Waals surface area contributed by atoms with E-state index in [0.29, 0.717) is 17.1 Å². The van der Waals surface area contributed by atoms with Crippen LogP contribution in [-0.2, 0) is 0 Å². The molecule has 1 aromatic carbocycles. The summed E-state index contributed by atoms with van der Waals surface area (Å²) >= 11 is 0. The molecule has 0 fully saturated rings. The van der Waals surface area contributed by atoms with Gasteiger partial charge in [0.2, 0.25) is 0 Å². The van der Waals surface area contributed by atoms with Crippen molar-refractivity contribution in [3.05, 3.63) is 29.5 Å². The van der Waals surface area contributed by atoms with Crippen LogP contribution in [0.15, 0.2) is 22.7 Å². The molecule has 0 aliphatic carbocycles. The molecule has 0 spiro atoms. The van der Waals surface area contributed by atoms with Crippen LogP contribution in [0.1, 0.15) is 11.3 Å². The van der Waals surface area contributed by atoms with E-state index in [1.54, 1.807) is 26.4 Å². The topological polar surface area (TPSA) is 68.3 Å². The number of aryl methyl sites for hydroxylation is 1. The van der Waals surface area contributed by atoms with E-state index in [9.17, 15) is 0 Å². The molecule has 0 aliphatic heterocycles. The summed E-state index contributed by atoms with van der Waals surface area (Å²) in [5.41, 5.74) is 1.89. The third-order valence-electron chi connectivity index (χ3n) is 2.61. The Morgan fingerprint density at radius 3 is 2.44 bits per heavy atom. The maximum Gasteiger partial charge on any atom is 0.184 e. The van der Waals surface area contributed by atoms with Gasteiger partial charge in [0.15, 0.2) is 11.5 Å². The quantitative estimate of drug-likeness (QED) is 0.829. The fraction of sp³-hybridized carbons (Fsp3) is 0.231. The summed E-state index contributed by atoms with van der Waals surface area (Å²) in [5.74, 6) is 1.84. The van der Waals surface area contributed by atoms with Gasteiger partial charge in [-0.2, -0.15) is 5.26 Å². The predicted molar refractivity (Wildman–Crippen MR) is 64.5 cm³/mol. The molecule has 0 unspecified atom stereocenters. The van der Waals surface area contributed by atoms with Crippen molar-refractivity contribution < 1.29 is 14.0 Å². The summed E-state index contributed by atoms with van der Waals surface area (Å²) in [6.45, 7) is 1.92. The minimum atomic E-state index is 0.228. The molecule has 18 heavy (non-hydrogen) atoms. The Bertz CT molecular complexity index is 611. The Morgan fingerprint density at radius 2 is 1.89 bits per heavy atom. The van der Waals surface area contributed by atoms with Crippen molar-refractivity contribution in [3.8, 4) is 28.9 Å². The molecule has 0 aliphatic rings. The minimum Gasteiger partial charge on any atom is -0.496 e. The molecule has 0 radical (unpaired) electrons. The molecular weight excluding hydrogens is 232 g/mol. The van der Waals surface area contributed by atoms with Gasteiger partial charge >= 0.3 is 0 Å². The monoisotopic (exact) mass is 244 g/mol. The average molecular weight is 244 g/mol. The maximum atomic E-state index is 8.74. The first-order valence-corrected chi connectivity index (χ1v) is 5.29. The highest BCUT2D eigenvalue weighted by molar-refractivity contribution is 5.69. The van der Waals surface area contributed by atoms with Gasteiger partial charge in [-0.1, -0.05) is 5.16 Å². The molecular formula is C13H12N2O3. The second-order valence-electron chi connectivity index (χ2n) is 3.71. The molecule has 5 nitrogen and oxygen atoms in total. The highest BCUT2D eigenvalue weighted by Crippen LogP contribution is 2.35. The Balaban J connectivity index is 2.58. The molecule has 0 saturated carbocycles. The summed E-state index contributed by atoms with van der Waals surface area (Å²) < 4.78 is 15.7. The number of hydrogen-bond donors (Lipinski definition) is 0. The molecule has 0 amide bonds. The second kappa shape index (κ2) is 4.80. The van der Waals surface area contributed by atoms with Gasteiger partial charge in [0.1, 0.15) is 17.6 Å². The number of methoxy groups -OCH3 is 2. The van der Waals surface area contributed by atoms with Gasteiger partial charge in [0, 0.05) is 6.07 Å². The number of nitrogens with zero attached hydrogens (tertiary/aromatic N) is 2. The van der Waals surface area contributed by atoms with Crippen molar-refractivity contribution in [1.29, 1.82) is 5.26 Å². The number of rotatable bonds is 3. The zero-order valence-electron chi connectivity index (χ0n) is 10.4. The summed E-state index contributed by atoms with van der Waals surface area (Å²) in [5, 5.41) is 12.4.